The van der Waals surface area contributed by atoms with Gasteiger partial charge in [-0.25, -0.2) is 8.42 Å². The highest BCUT2D eigenvalue weighted by Crippen LogP contribution is 2.28. The van der Waals surface area contributed by atoms with Crippen LogP contribution in [-0.4, -0.2) is 38.9 Å². The van der Waals surface area contributed by atoms with Crippen molar-refractivity contribution < 1.29 is 13.2 Å². The van der Waals surface area contributed by atoms with E-state index >= 15 is 0 Å². The lowest BCUT2D eigenvalue weighted by molar-refractivity contribution is -0.130. The molecule has 0 saturated carbocycles. The van der Waals surface area contributed by atoms with Crippen LogP contribution in [0.3, 0.4) is 0 Å². The van der Waals surface area contributed by atoms with Crippen LogP contribution < -0.4 is 4.31 Å². The monoisotopic (exact) mass is 400 g/mol. The summed E-state index contributed by atoms with van der Waals surface area (Å²) in [4.78, 5) is 14.9. The van der Waals surface area contributed by atoms with Crippen LogP contribution in [0, 0.1) is 19.8 Å². The number of likely N-dealkylation sites (tertiary alicyclic amines) is 1. The Hall–Kier alpha value is -2.34. The van der Waals surface area contributed by atoms with Crippen LogP contribution in [0.15, 0.2) is 53.4 Å². The molecule has 0 spiro atoms. The predicted molar refractivity (Wildman–Crippen MR) is 112 cm³/mol. The number of piperidine rings is 1. The fourth-order valence-electron chi connectivity index (χ4n) is 3.59. The highest BCUT2D eigenvalue weighted by atomic mass is 32.2. The second-order valence-electron chi connectivity index (χ2n) is 7.68. The number of benzene rings is 2. The molecule has 0 aliphatic carbocycles. The van der Waals surface area contributed by atoms with Gasteiger partial charge in [0.2, 0.25) is 5.91 Å². The van der Waals surface area contributed by atoms with Gasteiger partial charge in [-0.2, -0.15) is 0 Å². The van der Waals surface area contributed by atoms with E-state index in [1.54, 1.807) is 41.3 Å². The number of hydrogen-bond donors (Lipinski definition) is 0. The number of carbonyl (C=O) groups excluding carboxylic acids is 1. The summed E-state index contributed by atoms with van der Waals surface area (Å²) in [6.45, 7) is 7.22. The summed E-state index contributed by atoms with van der Waals surface area (Å²) in [7, 11) is -3.85. The van der Waals surface area contributed by atoms with Crippen molar-refractivity contribution in [2.45, 2.75) is 38.5 Å². The molecule has 28 heavy (non-hydrogen) atoms. The quantitative estimate of drug-likeness (QED) is 0.768. The Morgan fingerprint density at radius 3 is 2.32 bits per heavy atom. The molecule has 150 valence electrons. The van der Waals surface area contributed by atoms with E-state index in [4.69, 9.17) is 0 Å². The third-order valence-electron chi connectivity index (χ3n) is 5.37. The number of aryl methyl sites for hydroxylation is 2. The highest BCUT2D eigenvalue weighted by molar-refractivity contribution is 7.92. The summed E-state index contributed by atoms with van der Waals surface area (Å²) < 4.78 is 28.1. The van der Waals surface area contributed by atoms with E-state index in [0.29, 0.717) is 24.7 Å². The first-order valence-corrected chi connectivity index (χ1v) is 11.2. The van der Waals surface area contributed by atoms with Crippen LogP contribution in [0.2, 0.25) is 0 Å². The van der Waals surface area contributed by atoms with Gasteiger partial charge in [-0.05, 0) is 56.4 Å². The van der Waals surface area contributed by atoms with Crippen LogP contribution in [-0.2, 0) is 14.8 Å². The number of rotatable bonds is 5. The summed E-state index contributed by atoms with van der Waals surface area (Å²) in [6, 6.07) is 13.9. The summed E-state index contributed by atoms with van der Waals surface area (Å²) in [5.74, 6) is 0.457. The molecular weight excluding hydrogens is 372 g/mol. The number of amides is 1. The van der Waals surface area contributed by atoms with Gasteiger partial charge in [0.1, 0.15) is 6.54 Å². The summed E-state index contributed by atoms with van der Waals surface area (Å²) >= 11 is 0. The molecule has 0 bridgehead atoms. The first-order chi connectivity index (χ1) is 13.3. The van der Waals surface area contributed by atoms with Crippen LogP contribution in [0.25, 0.3) is 0 Å². The molecule has 0 unspecified atom stereocenters. The summed E-state index contributed by atoms with van der Waals surface area (Å²) in [5.41, 5.74) is 2.43. The van der Waals surface area contributed by atoms with Gasteiger partial charge in [-0.15, -0.1) is 0 Å². The van der Waals surface area contributed by atoms with E-state index in [1.807, 2.05) is 26.0 Å². The average molecular weight is 401 g/mol. The number of nitrogens with zero attached hydrogens (tertiary/aromatic N) is 2. The molecule has 5 nitrogen and oxygen atoms in total. The van der Waals surface area contributed by atoms with E-state index in [2.05, 4.69) is 6.92 Å². The molecule has 1 heterocycles. The number of carbonyl (C=O) groups is 1. The zero-order valence-electron chi connectivity index (χ0n) is 16.8. The molecule has 3 rings (SSSR count). The third kappa shape index (κ3) is 4.38. The minimum atomic E-state index is -3.85. The second-order valence-corrected chi connectivity index (χ2v) is 9.54. The van der Waals surface area contributed by atoms with Crippen molar-refractivity contribution >= 4 is 21.6 Å². The van der Waals surface area contributed by atoms with Crippen LogP contribution in [0.4, 0.5) is 5.69 Å². The molecule has 0 aromatic heterocycles. The molecule has 1 saturated heterocycles. The van der Waals surface area contributed by atoms with Gasteiger partial charge in [-0.1, -0.05) is 42.8 Å². The molecule has 6 heteroatoms. The Labute approximate surface area is 168 Å². The lowest BCUT2D eigenvalue weighted by Crippen LogP contribution is -2.46. The normalized spacial score (nSPS) is 15.5. The summed E-state index contributed by atoms with van der Waals surface area (Å²) in [5, 5.41) is 0. The Kier molecular flexibility index (Phi) is 6.08. The number of hydrogen-bond acceptors (Lipinski definition) is 3. The fourth-order valence-corrected chi connectivity index (χ4v) is 5.09. The van der Waals surface area contributed by atoms with Gasteiger partial charge in [-0.3, -0.25) is 9.10 Å². The van der Waals surface area contributed by atoms with E-state index in [-0.39, 0.29) is 17.3 Å². The molecule has 0 N–H and O–H groups in total. The molecular formula is C22H28N2O3S. The lowest BCUT2D eigenvalue weighted by atomic mass is 9.99. The van der Waals surface area contributed by atoms with Crippen molar-refractivity contribution in [2.75, 3.05) is 23.9 Å². The SMILES string of the molecule is Cc1ccc(N(CC(=O)N2CCC(C)CC2)S(=O)(=O)c2ccccc2)c(C)c1. The molecule has 2 aromatic carbocycles. The van der Waals surface area contributed by atoms with Crippen LogP contribution in [0.5, 0.6) is 0 Å². The van der Waals surface area contributed by atoms with Crippen LogP contribution >= 0.6 is 0 Å². The van der Waals surface area contributed by atoms with Gasteiger partial charge in [0, 0.05) is 13.1 Å². The molecule has 1 aliphatic rings. The van der Waals surface area contributed by atoms with Crippen LogP contribution in [0.1, 0.15) is 30.9 Å². The van der Waals surface area contributed by atoms with E-state index < -0.39 is 10.0 Å². The van der Waals surface area contributed by atoms with Crippen molar-refractivity contribution in [1.82, 2.24) is 4.90 Å². The Morgan fingerprint density at radius 2 is 1.71 bits per heavy atom. The first-order valence-electron chi connectivity index (χ1n) is 9.72. The number of sulfonamides is 1. The first kappa shape index (κ1) is 20.4. The van der Waals surface area contributed by atoms with Crippen molar-refractivity contribution in [3.63, 3.8) is 0 Å². The Bertz CT molecular complexity index is 934. The van der Waals surface area contributed by atoms with E-state index in [9.17, 15) is 13.2 Å². The lowest BCUT2D eigenvalue weighted by Gasteiger charge is -2.33. The molecule has 1 aliphatic heterocycles. The van der Waals surface area contributed by atoms with Gasteiger partial charge in [0.15, 0.2) is 0 Å². The molecule has 0 atom stereocenters. The maximum atomic E-state index is 13.4. The molecule has 1 fully saturated rings. The number of anilines is 1. The van der Waals surface area contributed by atoms with Gasteiger partial charge in [0.05, 0.1) is 10.6 Å². The maximum absolute atomic E-state index is 13.4. The van der Waals surface area contributed by atoms with Gasteiger partial charge >= 0.3 is 0 Å². The second kappa shape index (κ2) is 8.35. The molecule has 0 radical (unpaired) electrons. The highest BCUT2D eigenvalue weighted by Gasteiger charge is 2.30. The van der Waals surface area contributed by atoms with Gasteiger partial charge in [0.25, 0.3) is 10.0 Å². The van der Waals surface area contributed by atoms with E-state index in [1.165, 1.54) is 4.31 Å². The maximum Gasteiger partial charge on any atom is 0.264 e. The third-order valence-corrected chi connectivity index (χ3v) is 7.14. The minimum absolute atomic E-state index is 0.147. The smallest absolute Gasteiger partial charge is 0.264 e. The van der Waals surface area contributed by atoms with Crippen molar-refractivity contribution in [2.24, 2.45) is 5.92 Å². The van der Waals surface area contributed by atoms with Gasteiger partial charge < -0.3 is 4.90 Å². The molecule has 2 aromatic rings. The Morgan fingerprint density at radius 1 is 1.07 bits per heavy atom. The Balaban J connectivity index is 1.96. The topological polar surface area (TPSA) is 57.7 Å². The predicted octanol–water partition coefficient (Wildman–Crippen LogP) is 3.76. The fraction of sp³-hybridized carbons (Fsp3) is 0.409. The summed E-state index contributed by atoms with van der Waals surface area (Å²) in [6.07, 6.45) is 1.92. The van der Waals surface area contributed by atoms with Crippen molar-refractivity contribution in [1.29, 1.82) is 0 Å². The minimum Gasteiger partial charge on any atom is -0.341 e. The van der Waals surface area contributed by atoms with E-state index in [0.717, 1.165) is 24.0 Å². The standard InChI is InChI=1S/C22H28N2O3S/c1-17-11-13-23(14-12-17)22(25)16-24(21-10-9-18(2)15-19(21)3)28(26,27)20-7-5-4-6-8-20/h4-10,15,17H,11-14,16H2,1-3H3. The van der Waals surface area contributed by atoms with Crippen molar-refractivity contribution in [3.8, 4) is 0 Å². The largest absolute Gasteiger partial charge is 0.341 e. The zero-order chi connectivity index (χ0) is 20.3. The van der Waals surface area contributed by atoms with Crippen molar-refractivity contribution in [3.05, 3.63) is 59.7 Å². The average Bonchev–Trinajstić information content (AvgIpc) is 2.67. The zero-order valence-corrected chi connectivity index (χ0v) is 17.6. The molecule has 1 amide bonds.